The standard InChI is InChI=1S/C13H14N2O4/c1-15-10(11(12(16)17)14-13(15)18)7-8-3-5-9(19-2)6-4-8/h3-6H,7H2,1-2H3,(H,14,18)(H,16,17). The molecule has 0 saturated heterocycles. The van der Waals surface area contributed by atoms with Crippen molar-refractivity contribution in [3.63, 3.8) is 0 Å². The first-order valence-electron chi connectivity index (χ1n) is 5.67. The zero-order valence-corrected chi connectivity index (χ0v) is 10.6. The summed E-state index contributed by atoms with van der Waals surface area (Å²) in [5.74, 6) is -0.411. The summed E-state index contributed by atoms with van der Waals surface area (Å²) in [7, 11) is 3.12. The lowest BCUT2D eigenvalue weighted by molar-refractivity contribution is 0.0689. The summed E-state index contributed by atoms with van der Waals surface area (Å²) in [6.45, 7) is 0. The van der Waals surface area contributed by atoms with Gasteiger partial charge in [0.05, 0.1) is 12.8 Å². The van der Waals surface area contributed by atoms with Crippen molar-refractivity contribution in [1.29, 1.82) is 0 Å². The molecular formula is C13H14N2O4. The number of aromatic amines is 1. The van der Waals surface area contributed by atoms with Gasteiger partial charge in [-0.2, -0.15) is 0 Å². The molecule has 6 nitrogen and oxygen atoms in total. The highest BCUT2D eigenvalue weighted by atomic mass is 16.5. The van der Waals surface area contributed by atoms with Gasteiger partial charge in [0.25, 0.3) is 0 Å². The van der Waals surface area contributed by atoms with Crippen LogP contribution in [0.5, 0.6) is 5.75 Å². The molecule has 0 aliphatic rings. The second-order valence-corrected chi connectivity index (χ2v) is 4.14. The summed E-state index contributed by atoms with van der Waals surface area (Å²) < 4.78 is 6.37. The third-order valence-electron chi connectivity index (χ3n) is 2.97. The number of benzene rings is 1. The predicted molar refractivity (Wildman–Crippen MR) is 68.8 cm³/mol. The van der Waals surface area contributed by atoms with Crippen molar-refractivity contribution in [2.75, 3.05) is 7.11 Å². The summed E-state index contributed by atoms with van der Waals surface area (Å²) >= 11 is 0. The smallest absolute Gasteiger partial charge is 0.354 e. The molecule has 0 fully saturated rings. The fourth-order valence-corrected chi connectivity index (χ4v) is 1.87. The van der Waals surface area contributed by atoms with Crippen molar-refractivity contribution < 1.29 is 14.6 Å². The van der Waals surface area contributed by atoms with E-state index in [2.05, 4.69) is 4.98 Å². The highest BCUT2D eigenvalue weighted by molar-refractivity contribution is 5.86. The largest absolute Gasteiger partial charge is 0.497 e. The highest BCUT2D eigenvalue weighted by Gasteiger charge is 2.17. The molecule has 2 N–H and O–H groups in total. The van der Waals surface area contributed by atoms with Gasteiger partial charge in [-0.1, -0.05) is 12.1 Å². The van der Waals surface area contributed by atoms with E-state index in [-0.39, 0.29) is 5.69 Å². The van der Waals surface area contributed by atoms with E-state index < -0.39 is 11.7 Å². The van der Waals surface area contributed by atoms with Gasteiger partial charge in [-0.3, -0.25) is 9.55 Å². The lowest BCUT2D eigenvalue weighted by Crippen LogP contribution is -2.14. The molecule has 19 heavy (non-hydrogen) atoms. The summed E-state index contributed by atoms with van der Waals surface area (Å²) in [5, 5.41) is 9.06. The van der Waals surface area contributed by atoms with E-state index >= 15 is 0 Å². The number of carbonyl (C=O) groups is 1. The van der Waals surface area contributed by atoms with E-state index in [9.17, 15) is 9.59 Å². The maximum atomic E-state index is 11.5. The van der Waals surface area contributed by atoms with Gasteiger partial charge in [0.1, 0.15) is 11.4 Å². The fraction of sp³-hybridized carbons (Fsp3) is 0.231. The molecule has 1 aromatic heterocycles. The second-order valence-electron chi connectivity index (χ2n) is 4.14. The van der Waals surface area contributed by atoms with Crippen LogP contribution in [-0.4, -0.2) is 27.7 Å². The molecule has 0 aliphatic carbocycles. The maximum absolute atomic E-state index is 11.5. The van der Waals surface area contributed by atoms with Gasteiger partial charge in [-0.25, -0.2) is 9.59 Å². The Kier molecular flexibility index (Phi) is 3.41. The zero-order chi connectivity index (χ0) is 14.0. The van der Waals surface area contributed by atoms with Crippen molar-refractivity contribution in [2.45, 2.75) is 6.42 Å². The Morgan fingerprint density at radius 3 is 2.53 bits per heavy atom. The number of methoxy groups -OCH3 is 1. The third kappa shape index (κ3) is 2.52. The number of aromatic nitrogens is 2. The molecule has 0 atom stereocenters. The second kappa shape index (κ2) is 5.01. The Hall–Kier alpha value is -2.50. The van der Waals surface area contributed by atoms with Gasteiger partial charge >= 0.3 is 11.7 Å². The van der Waals surface area contributed by atoms with Crippen LogP contribution >= 0.6 is 0 Å². The molecule has 1 aromatic carbocycles. The summed E-state index contributed by atoms with van der Waals surface area (Å²) in [6, 6.07) is 7.25. The van der Waals surface area contributed by atoms with Crippen molar-refractivity contribution >= 4 is 5.97 Å². The number of H-pyrrole nitrogens is 1. The lowest BCUT2D eigenvalue weighted by atomic mass is 10.1. The van der Waals surface area contributed by atoms with Gasteiger partial charge < -0.3 is 9.84 Å². The van der Waals surface area contributed by atoms with Gasteiger partial charge in [-0.15, -0.1) is 0 Å². The predicted octanol–water partition coefficient (Wildman–Crippen LogP) is 1.01. The van der Waals surface area contributed by atoms with Crippen LogP contribution in [0.4, 0.5) is 0 Å². The highest BCUT2D eigenvalue weighted by Crippen LogP contribution is 2.15. The molecule has 6 heteroatoms. The van der Waals surface area contributed by atoms with Gasteiger partial charge in [0.15, 0.2) is 0 Å². The van der Waals surface area contributed by atoms with Crippen molar-refractivity contribution in [2.24, 2.45) is 7.05 Å². The minimum Gasteiger partial charge on any atom is -0.497 e. The van der Waals surface area contributed by atoms with Crippen LogP contribution in [0.3, 0.4) is 0 Å². The number of hydrogen-bond donors (Lipinski definition) is 2. The first-order chi connectivity index (χ1) is 9.02. The fourth-order valence-electron chi connectivity index (χ4n) is 1.87. The minimum atomic E-state index is -1.14. The molecule has 0 spiro atoms. The van der Waals surface area contributed by atoms with Crippen LogP contribution in [0, 0.1) is 0 Å². The van der Waals surface area contributed by atoms with Crippen molar-refractivity contribution in [3.05, 3.63) is 51.7 Å². The summed E-state index contributed by atoms with van der Waals surface area (Å²) in [5.41, 5.74) is 0.852. The molecule has 2 aromatic rings. The quantitative estimate of drug-likeness (QED) is 0.861. The van der Waals surface area contributed by atoms with Crippen molar-refractivity contribution in [3.8, 4) is 5.75 Å². The van der Waals surface area contributed by atoms with Crippen LogP contribution in [0.1, 0.15) is 21.7 Å². The van der Waals surface area contributed by atoms with Crippen LogP contribution in [-0.2, 0) is 13.5 Å². The zero-order valence-electron chi connectivity index (χ0n) is 10.6. The average Bonchev–Trinajstić information content (AvgIpc) is 2.68. The SMILES string of the molecule is COc1ccc(Cc2c(C(=O)O)[nH]c(=O)n2C)cc1. The van der Waals surface area contributed by atoms with E-state index in [1.165, 1.54) is 4.57 Å². The topological polar surface area (TPSA) is 84.3 Å². The summed E-state index contributed by atoms with van der Waals surface area (Å²) in [4.78, 5) is 24.9. The third-order valence-corrected chi connectivity index (χ3v) is 2.97. The minimum absolute atomic E-state index is 0.0664. The molecule has 0 radical (unpaired) electrons. The number of aromatic carboxylic acids is 1. The Morgan fingerprint density at radius 1 is 1.37 bits per heavy atom. The Labute approximate surface area is 109 Å². The number of imidazole rings is 1. The Balaban J connectivity index is 2.37. The number of nitrogens with one attached hydrogen (secondary N) is 1. The van der Waals surface area contributed by atoms with Crippen LogP contribution in [0.15, 0.2) is 29.1 Å². The molecule has 0 aliphatic heterocycles. The summed E-state index contributed by atoms with van der Waals surface area (Å²) in [6.07, 6.45) is 0.362. The lowest BCUT2D eigenvalue weighted by Gasteiger charge is -2.05. The molecule has 2 rings (SSSR count). The van der Waals surface area contributed by atoms with E-state index in [1.807, 2.05) is 12.1 Å². The normalized spacial score (nSPS) is 10.4. The van der Waals surface area contributed by atoms with Gasteiger partial charge in [0, 0.05) is 13.5 Å². The molecule has 0 bridgehead atoms. The number of carboxylic acids is 1. The number of ether oxygens (including phenoxy) is 1. The van der Waals surface area contributed by atoms with Crippen LogP contribution in [0.2, 0.25) is 0 Å². The number of nitrogens with zero attached hydrogens (tertiary/aromatic N) is 1. The number of hydrogen-bond acceptors (Lipinski definition) is 3. The molecule has 0 amide bonds. The van der Waals surface area contributed by atoms with E-state index in [0.717, 1.165) is 11.3 Å². The Bertz CT molecular complexity index is 652. The van der Waals surface area contributed by atoms with E-state index in [1.54, 1.807) is 26.3 Å². The average molecular weight is 262 g/mol. The first kappa shape index (κ1) is 12.9. The first-order valence-corrected chi connectivity index (χ1v) is 5.67. The maximum Gasteiger partial charge on any atom is 0.354 e. The molecule has 100 valence electrons. The van der Waals surface area contributed by atoms with E-state index in [0.29, 0.717) is 12.1 Å². The van der Waals surface area contributed by atoms with Crippen LogP contribution < -0.4 is 10.4 Å². The van der Waals surface area contributed by atoms with Gasteiger partial charge in [-0.05, 0) is 17.7 Å². The molecule has 0 saturated carbocycles. The molecule has 1 heterocycles. The number of carboxylic acid groups (broad SMARTS) is 1. The van der Waals surface area contributed by atoms with Crippen LogP contribution in [0.25, 0.3) is 0 Å². The molecular weight excluding hydrogens is 248 g/mol. The van der Waals surface area contributed by atoms with Gasteiger partial charge in [0.2, 0.25) is 0 Å². The monoisotopic (exact) mass is 262 g/mol. The Morgan fingerprint density at radius 2 is 2.00 bits per heavy atom. The van der Waals surface area contributed by atoms with E-state index in [4.69, 9.17) is 9.84 Å². The van der Waals surface area contributed by atoms with Crippen molar-refractivity contribution in [1.82, 2.24) is 9.55 Å². The number of rotatable bonds is 4. The molecule has 0 unspecified atom stereocenters.